The maximum absolute atomic E-state index is 9.43. The maximum atomic E-state index is 9.43. The van der Waals surface area contributed by atoms with E-state index in [-0.39, 0.29) is 12.1 Å². The Bertz CT molecular complexity index is 216. The smallest absolute Gasteiger partial charge is 0.0663 e. The fourth-order valence-corrected chi connectivity index (χ4v) is 1.49. The standard InChI is InChI=1S/C12H21NO/c1-5-8-11(9-6-2)12(7-3,10-14)13-4/h5-6,8-9,13-14H,1,7,10H2,2-4H3/b9-6-,11-8+/t12-/m0/s1. The van der Waals surface area contributed by atoms with Gasteiger partial charge in [-0.15, -0.1) is 0 Å². The summed E-state index contributed by atoms with van der Waals surface area (Å²) in [6.45, 7) is 7.78. The summed E-state index contributed by atoms with van der Waals surface area (Å²) >= 11 is 0. The molecule has 2 N–H and O–H groups in total. The van der Waals surface area contributed by atoms with Gasteiger partial charge in [0, 0.05) is 0 Å². The molecule has 0 aromatic heterocycles. The summed E-state index contributed by atoms with van der Waals surface area (Å²) < 4.78 is 0. The highest BCUT2D eigenvalue weighted by atomic mass is 16.3. The van der Waals surface area contributed by atoms with Crippen LogP contribution in [0.5, 0.6) is 0 Å². The predicted molar refractivity (Wildman–Crippen MR) is 62.3 cm³/mol. The lowest BCUT2D eigenvalue weighted by molar-refractivity contribution is 0.193. The average Bonchev–Trinajstić information content (AvgIpc) is 2.22. The predicted octanol–water partition coefficient (Wildman–Crippen LogP) is 2.04. The van der Waals surface area contributed by atoms with E-state index < -0.39 is 0 Å². The van der Waals surface area contributed by atoms with Gasteiger partial charge in [0.2, 0.25) is 0 Å². The lowest BCUT2D eigenvalue weighted by Gasteiger charge is -2.31. The molecule has 0 aliphatic carbocycles. The van der Waals surface area contributed by atoms with Gasteiger partial charge in [-0.05, 0) is 26.0 Å². The van der Waals surface area contributed by atoms with Crippen LogP contribution in [0.1, 0.15) is 20.3 Å². The van der Waals surface area contributed by atoms with Crippen molar-refractivity contribution in [1.82, 2.24) is 5.32 Å². The Morgan fingerprint density at radius 1 is 1.57 bits per heavy atom. The normalized spacial score (nSPS) is 17.0. The minimum atomic E-state index is -0.347. The highest BCUT2D eigenvalue weighted by Crippen LogP contribution is 2.21. The van der Waals surface area contributed by atoms with Crippen LogP contribution in [0.25, 0.3) is 0 Å². The van der Waals surface area contributed by atoms with E-state index in [9.17, 15) is 5.11 Å². The Hall–Kier alpha value is -0.860. The Morgan fingerprint density at radius 3 is 2.50 bits per heavy atom. The fraction of sp³-hybridized carbons (Fsp3) is 0.500. The lowest BCUT2D eigenvalue weighted by Crippen LogP contribution is -2.47. The van der Waals surface area contributed by atoms with Gasteiger partial charge in [0.15, 0.2) is 0 Å². The molecule has 0 bridgehead atoms. The molecule has 2 heteroatoms. The first kappa shape index (κ1) is 13.1. The first-order valence-electron chi connectivity index (χ1n) is 4.96. The van der Waals surface area contributed by atoms with Crippen LogP contribution in [0, 0.1) is 0 Å². The van der Waals surface area contributed by atoms with E-state index >= 15 is 0 Å². The number of rotatable bonds is 6. The second-order valence-electron chi connectivity index (χ2n) is 3.20. The third-order valence-corrected chi connectivity index (χ3v) is 2.55. The van der Waals surface area contributed by atoms with E-state index in [0.29, 0.717) is 0 Å². The molecule has 0 spiro atoms. The molecule has 0 heterocycles. The zero-order chi connectivity index (χ0) is 11.0. The number of aliphatic hydroxyl groups is 1. The second-order valence-corrected chi connectivity index (χ2v) is 3.20. The molecule has 0 rings (SSSR count). The second kappa shape index (κ2) is 6.57. The van der Waals surface area contributed by atoms with Crippen LogP contribution in [-0.4, -0.2) is 24.3 Å². The number of hydrogen-bond acceptors (Lipinski definition) is 2. The van der Waals surface area contributed by atoms with Crippen LogP contribution in [0.3, 0.4) is 0 Å². The quantitative estimate of drug-likeness (QED) is 0.636. The van der Waals surface area contributed by atoms with Crippen molar-refractivity contribution in [2.45, 2.75) is 25.8 Å². The molecule has 0 aliphatic heterocycles. The van der Waals surface area contributed by atoms with Crippen LogP contribution in [0.15, 0.2) is 36.5 Å². The molecule has 0 saturated carbocycles. The van der Waals surface area contributed by atoms with Gasteiger partial charge in [-0.1, -0.05) is 37.8 Å². The molecular formula is C12H21NO. The van der Waals surface area contributed by atoms with E-state index in [1.807, 2.05) is 39.1 Å². The molecule has 0 fully saturated rings. The molecule has 0 amide bonds. The van der Waals surface area contributed by atoms with E-state index in [2.05, 4.69) is 11.9 Å². The summed E-state index contributed by atoms with van der Waals surface area (Å²) in [6, 6.07) is 0. The van der Waals surface area contributed by atoms with Crippen molar-refractivity contribution in [3.8, 4) is 0 Å². The minimum absolute atomic E-state index is 0.0873. The molecule has 14 heavy (non-hydrogen) atoms. The topological polar surface area (TPSA) is 32.3 Å². The van der Waals surface area contributed by atoms with E-state index in [0.717, 1.165) is 12.0 Å². The highest BCUT2D eigenvalue weighted by molar-refractivity contribution is 5.34. The average molecular weight is 195 g/mol. The molecule has 0 unspecified atom stereocenters. The summed E-state index contributed by atoms with van der Waals surface area (Å²) in [5.74, 6) is 0. The van der Waals surface area contributed by atoms with Crippen molar-refractivity contribution >= 4 is 0 Å². The first-order chi connectivity index (χ1) is 6.70. The Balaban J connectivity index is 5.10. The highest BCUT2D eigenvalue weighted by Gasteiger charge is 2.27. The van der Waals surface area contributed by atoms with E-state index in [1.165, 1.54) is 0 Å². The van der Waals surface area contributed by atoms with Gasteiger partial charge in [-0.25, -0.2) is 0 Å². The molecule has 0 aliphatic rings. The number of aliphatic hydroxyl groups excluding tert-OH is 1. The van der Waals surface area contributed by atoms with Gasteiger partial charge in [-0.3, -0.25) is 0 Å². The summed E-state index contributed by atoms with van der Waals surface area (Å²) in [4.78, 5) is 0. The van der Waals surface area contributed by atoms with Crippen LogP contribution in [0.4, 0.5) is 0 Å². The Morgan fingerprint density at radius 2 is 2.21 bits per heavy atom. The Labute approximate surface area is 87.0 Å². The number of allylic oxidation sites excluding steroid dienone is 3. The van der Waals surface area contributed by atoms with Crippen LogP contribution >= 0.6 is 0 Å². The maximum Gasteiger partial charge on any atom is 0.0663 e. The zero-order valence-corrected chi connectivity index (χ0v) is 9.38. The van der Waals surface area contributed by atoms with Gasteiger partial charge in [0.05, 0.1) is 12.1 Å². The first-order valence-corrected chi connectivity index (χ1v) is 4.96. The van der Waals surface area contributed by atoms with Crippen molar-refractivity contribution in [1.29, 1.82) is 0 Å². The SMILES string of the molecule is C=C/C=C(\C=C/C)[C@](CC)(CO)NC. The van der Waals surface area contributed by atoms with E-state index in [1.54, 1.807) is 6.08 Å². The minimum Gasteiger partial charge on any atom is -0.394 e. The monoisotopic (exact) mass is 195 g/mol. The Kier molecular flexibility index (Phi) is 6.17. The summed E-state index contributed by atoms with van der Waals surface area (Å²) in [5, 5.41) is 12.6. The molecule has 1 atom stereocenters. The van der Waals surface area contributed by atoms with Crippen molar-refractivity contribution in [3.63, 3.8) is 0 Å². The van der Waals surface area contributed by atoms with Crippen molar-refractivity contribution in [3.05, 3.63) is 36.5 Å². The largest absolute Gasteiger partial charge is 0.394 e. The molecule has 0 radical (unpaired) electrons. The third-order valence-electron chi connectivity index (χ3n) is 2.55. The number of nitrogens with one attached hydrogen (secondary N) is 1. The third kappa shape index (κ3) is 2.82. The molecular weight excluding hydrogens is 174 g/mol. The van der Waals surface area contributed by atoms with Crippen LogP contribution in [0.2, 0.25) is 0 Å². The zero-order valence-electron chi connectivity index (χ0n) is 9.38. The summed E-state index contributed by atoms with van der Waals surface area (Å²) in [7, 11) is 1.86. The molecule has 2 nitrogen and oxygen atoms in total. The number of likely N-dealkylation sites (N-methyl/N-ethyl adjacent to an activating group) is 1. The van der Waals surface area contributed by atoms with Gasteiger partial charge in [0.25, 0.3) is 0 Å². The van der Waals surface area contributed by atoms with Crippen molar-refractivity contribution in [2.75, 3.05) is 13.7 Å². The lowest BCUT2D eigenvalue weighted by atomic mass is 9.87. The summed E-state index contributed by atoms with van der Waals surface area (Å²) in [6.07, 6.45) is 8.47. The van der Waals surface area contributed by atoms with E-state index in [4.69, 9.17) is 0 Å². The van der Waals surface area contributed by atoms with Crippen molar-refractivity contribution in [2.24, 2.45) is 0 Å². The number of hydrogen-bond donors (Lipinski definition) is 2. The van der Waals surface area contributed by atoms with Gasteiger partial charge in [0.1, 0.15) is 0 Å². The van der Waals surface area contributed by atoms with Crippen LogP contribution < -0.4 is 5.32 Å². The molecule has 0 saturated heterocycles. The summed E-state index contributed by atoms with van der Waals surface area (Å²) in [5.41, 5.74) is 0.711. The molecule has 80 valence electrons. The van der Waals surface area contributed by atoms with Crippen molar-refractivity contribution < 1.29 is 5.11 Å². The fourth-order valence-electron chi connectivity index (χ4n) is 1.49. The molecule has 0 aromatic carbocycles. The van der Waals surface area contributed by atoms with Crippen LogP contribution in [-0.2, 0) is 0 Å². The molecule has 0 aromatic rings. The van der Waals surface area contributed by atoms with Gasteiger partial charge in [-0.2, -0.15) is 0 Å². The van der Waals surface area contributed by atoms with Gasteiger partial charge < -0.3 is 10.4 Å². The van der Waals surface area contributed by atoms with Gasteiger partial charge >= 0.3 is 0 Å².